The van der Waals surface area contributed by atoms with E-state index in [9.17, 15) is 0 Å². The third kappa shape index (κ3) is 2.82. The Morgan fingerprint density at radius 1 is 1.31 bits per heavy atom. The average Bonchev–Trinajstić information content (AvgIpc) is 2.81. The maximum atomic E-state index is 4.69. The molecule has 0 aliphatic heterocycles. The van der Waals surface area contributed by atoms with Gasteiger partial charge in [0, 0.05) is 18.3 Å². The van der Waals surface area contributed by atoms with Gasteiger partial charge in [-0.2, -0.15) is 0 Å². The van der Waals surface area contributed by atoms with Crippen LogP contribution in [0.1, 0.15) is 49.6 Å². The van der Waals surface area contributed by atoms with Crippen LogP contribution in [0.2, 0.25) is 0 Å². The minimum atomic E-state index is 0.730. The Hall–Kier alpha value is -0.890. The van der Waals surface area contributed by atoms with E-state index < -0.39 is 0 Å². The Labute approximate surface area is 98.5 Å². The Kier molecular flexibility index (Phi) is 3.94. The Bertz CT molecular complexity index is 341. The molecule has 1 aromatic heterocycles. The number of aryl methyl sites for hydroxylation is 2. The first-order valence-electron chi connectivity index (χ1n) is 6.48. The van der Waals surface area contributed by atoms with Crippen LogP contribution >= 0.6 is 0 Å². The second-order valence-corrected chi connectivity index (χ2v) is 4.78. The largest absolute Gasteiger partial charge is 0.308 e. The van der Waals surface area contributed by atoms with Gasteiger partial charge in [0.15, 0.2) is 0 Å². The van der Waals surface area contributed by atoms with Crippen LogP contribution in [-0.2, 0) is 13.0 Å². The van der Waals surface area contributed by atoms with Crippen LogP contribution in [-0.4, -0.2) is 11.0 Å². The lowest BCUT2D eigenvalue weighted by Crippen LogP contribution is -2.25. The molecule has 0 aromatic carbocycles. The summed E-state index contributed by atoms with van der Waals surface area (Å²) in [5.41, 5.74) is 3.74. The molecule has 1 fully saturated rings. The Morgan fingerprint density at radius 2 is 2.06 bits per heavy atom. The number of rotatable bonds is 4. The van der Waals surface area contributed by atoms with E-state index in [4.69, 9.17) is 0 Å². The van der Waals surface area contributed by atoms with Gasteiger partial charge in [-0.05, 0) is 37.8 Å². The van der Waals surface area contributed by atoms with Gasteiger partial charge in [0.2, 0.25) is 0 Å². The molecule has 0 spiro atoms. The van der Waals surface area contributed by atoms with Crippen LogP contribution < -0.4 is 5.32 Å². The molecule has 2 rings (SSSR count). The minimum Gasteiger partial charge on any atom is -0.308 e. The molecule has 0 unspecified atom stereocenters. The fourth-order valence-corrected chi connectivity index (χ4v) is 2.45. The van der Waals surface area contributed by atoms with E-state index in [1.165, 1.54) is 42.6 Å². The molecule has 0 bridgehead atoms. The van der Waals surface area contributed by atoms with E-state index in [1.807, 2.05) is 0 Å². The van der Waals surface area contributed by atoms with Crippen molar-refractivity contribution >= 4 is 0 Å². The molecule has 2 heteroatoms. The summed E-state index contributed by atoms with van der Waals surface area (Å²) in [4.78, 5) is 4.69. The van der Waals surface area contributed by atoms with Gasteiger partial charge in [-0.15, -0.1) is 0 Å². The smallest absolute Gasteiger partial charge is 0.0545 e. The van der Waals surface area contributed by atoms with Crippen LogP contribution in [0.5, 0.6) is 0 Å². The summed E-state index contributed by atoms with van der Waals surface area (Å²) in [7, 11) is 0. The fourth-order valence-electron chi connectivity index (χ4n) is 2.45. The topological polar surface area (TPSA) is 24.9 Å². The Morgan fingerprint density at radius 3 is 2.75 bits per heavy atom. The molecular formula is C14H22N2. The van der Waals surface area contributed by atoms with Gasteiger partial charge >= 0.3 is 0 Å². The number of nitrogens with one attached hydrogen (secondary N) is 1. The highest BCUT2D eigenvalue weighted by atomic mass is 14.9. The third-order valence-electron chi connectivity index (χ3n) is 3.52. The van der Waals surface area contributed by atoms with Crippen molar-refractivity contribution in [2.75, 3.05) is 0 Å². The van der Waals surface area contributed by atoms with Crippen molar-refractivity contribution < 1.29 is 0 Å². The minimum absolute atomic E-state index is 0.730. The molecule has 88 valence electrons. The second kappa shape index (κ2) is 5.44. The summed E-state index contributed by atoms with van der Waals surface area (Å²) in [6.07, 6.45) is 6.49. The van der Waals surface area contributed by atoms with Crippen LogP contribution in [0.4, 0.5) is 0 Å². The van der Waals surface area contributed by atoms with Crippen LogP contribution in [0.15, 0.2) is 12.1 Å². The zero-order valence-electron chi connectivity index (χ0n) is 10.4. The second-order valence-electron chi connectivity index (χ2n) is 4.78. The zero-order chi connectivity index (χ0) is 11.4. The van der Waals surface area contributed by atoms with Gasteiger partial charge in [-0.1, -0.05) is 25.8 Å². The van der Waals surface area contributed by atoms with Gasteiger partial charge in [-0.3, -0.25) is 4.98 Å². The summed E-state index contributed by atoms with van der Waals surface area (Å²) in [5, 5.41) is 3.61. The third-order valence-corrected chi connectivity index (χ3v) is 3.52. The Balaban J connectivity index is 1.93. The molecule has 2 nitrogen and oxygen atoms in total. The van der Waals surface area contributed by atoms with E-state index in [1.54, 1.807) is 0 Å². The molecule has 0 radical (unpaired) electrons. The van der Waals surface area contributed by atoms with Crippen molar-refractivity contribution in [1.29, 1.82) is 0 Å². The quantitative estimate of drug-likeness (QED) is 0.840. The summed E-state index contributed by atoms with van der Waals surface area (Å²) in [6, 6.07) is 5.07. The first-order valence-corrected chi connectivity index (χ1v) is 6.48. The number of pyridine rings is 1. The predicted octanol–water partition coefficient (Wildman–Crippen LogP) is 2.98. The highest BCUT2D eigenvalue weighted by molar-refractivity contribution is 5.21. The van der Waals surface area contributed by atoms with Gasteiger partial charge in [-0.25, -0.2) is 0 Å². The molecule has 1 saturated carbocycles. The molecule has 1 aliphatic carbocycles. The maximum Gasteiger partial charge on any atom is 0.0545 e. The SMILES string of the molecule is CCc1nc(CNC2CCCC2)ccc1C. The van der Waals surface area contributed by atoms with Crippen molar-refractivity contribution in [3.63, 3.8) is 0 Å². The van der Waals surface area contributed by atoms with E-state index in [-0.39, 0.29) is 0 Å². The fraction of sp³-hybridized carbons (Fsp3) is 0.643. The number of hydrogen-bond acceptors (Lipinski definition) is 2. The molecule has 0 amide bonds. The van der Waals surface area contributed by atoms with Crippen molar-refractivity contribution in [1.82, 2.24) is 10.3 Å². The molecular weight excluding hydrogens is 196 g/mol. The van der Waals surface area contributed by atoms with Crippen LogP contribution in [0, 0.1) is 6.92 Å². The van der Waals surface area contributed by atoms with Crippen molar-refractivity contribution in [2.24, 2.45) is 0 Å². The average molecular weight is 218 g/mol. The molecule has 1 aromatic rings. The predicted molar refractivity (Wildman–Crippen MR) is 67.4 cm³/mol. The molecule has 1 aliphatic rings. The van der Waals surface area contributed by atoms with E-state index in [2.05, 4.69) is 36.3 Å². The summed E-state index contributed by atoms with van der Waals surface area (Å²) in [5.74, 6) is 0. The van der Waals surface area contributed by atoms with Gasteiger partial charge < -0.3 is 5.32 Å². The van der Waals surface area contributed by atoms with Gasteiger partial charge in [0.05, 0.1) is 5.69 Å². The summed E-state index contributed by atoms with van der Waals surface area (Å²) in [6.45, 7) is 5.24. The standard InChI is InChI=1S/C14H22N2/c1-3-14-11(2)8-9-13(16-14)10-15-12-6-4-5-7-12/h8-9,12,15H,3-7,10H2,1-2H3. The first kappa shape index (κ1) is 11.6. The highest BCUT2D eigenvalue weighted by Gasteiger charge is 2.14. The molecule has 1 N–H and O–H groups in total. The number of nitrogens with zero attached hydrogens (tertiary/aromatic N) is 1. The van der Waals surface area contributed by atoms with Crippen molar-refractivity contribution in [3.05, 3.63) is 29.1 Å². The van der Waals surface area contributed by atoms with Gasteiger partial charge in [0.25, 0.3) is 0 Å². The molecule has 0 saturated heterocycles. The lowest BCUT2D eigenvalue weighted by molar-refractivity contribution is 0.518. The zero-order valence-corrected chi connectivity index (χ0v) is 10.4. The van der Waals surface area contributed by atoms with Gasteiger partial charge in [0.1, 0.15) is 0 Å². The van der Waals surface area contributed by atoms with Crippen LogP contribution in [0.3, 0.4) is 0 Å². The molecule has 16 heavy (non-hydrogen) atoms. The normalized spacial score (nSPS) is 16.9. The van der Waals surface area contributed by atoms with Crippen molar-refractivity contribution in [2.45, 2.75) is 58.5 Å². The van der Waals surface area contributed by atoms with Crippen molar-refractivity contribution in [3.8, 4) is 0 Å². The van der Waals surface area contributed by atoms with E-state index in [0.717, 1.165) is 19.0 Å². The maximum absolute atomic E-state index is 4.69. The highest BCUT2D eigenvalue weighted by Crippen LogP contribution is 2.18. The van der Waals surface area contributed by atoms with E-state index >= 15 is 0 Å². The first-order chi connectivity index (χ1) is 7.79. The lowest BCUT2D eigenvalue weighted by atomic mass is 10.1. The summed E-state index contributed by atoms with van der Waals surface area (Å²) >= 11 is 0. The number of hydrogen-bond donors (Lipinski definition) is 1. The molecule has 1 heterocycles. The van der Waals surface area contributed by atoms with Crippen LogP contribution in [0.25, 0.3) is 0 Å². The van der Waals surface area contributed by atoms with E-state index in [0.29, 0.717) is 0 Å². The monoisotopic (exact) mass is 218 g/mol. The summed E-state index contributed by atoms with van der Waals surface area (Å²) < 4.78 is 0. The lowest BCUT2D eigenvalue weighted by Gasteiger charge is -2.12. The number of aromatic nitrogens is 1. The molecule has 0 atom stereocenters.